The summed E-state index contributed by atoms with van der Waals surface area (Å²) in [5, 5.41) is 2.76. The normalized spacial score (nSPS) is 16.6. The number of aryl methyl sites for hydroxylation is 1. The number of piperidine rings is 1. The fourth-order valence-corrected chi connectivity index (χ4v) is 4.49. The molecule has 0 bridgehead atoms. The number of rotatable bonds is 3. The van der Waals surface area contributed by atoms with Gasteiger partial charge >= 0.3 is 0 Å². The first-order valence-corrected chi connectivity index (χ1v) is 9.78. The molecule has 1 aromatic carbocycles. The average Bonchev–Trinajstić information content (AvgIpc) is 3.01. The summed E-state index contributed by atoms with van der Waals surface area (Å²) in [5.41, 5.74) is 3.23. The van der Waals surface area contributed by atoms with Gasteiger partial charge in [-0.3, -0.25) is 9.69 Å². The molecular formula is C20H23N3OS. The van der Waals surface area contributed by atoms with Gasteiger partial charge in [-0.1, -0.05) is 36.8 Å². The maximum Gasteiger partial charge on any atom is 0.260 e. The monoisotopic (exact) mass is 353 g/mol. The molecule has 0 atom stereocenters. The highest BCUT2D eigenvalue weighted by atomic mass is 32.1. The van der Waals surface area contributed by atoms with Crippen LogP contribution in [0.5, 0.6) is 0 Å². The zero-order valence-electron chi connectivity index (χ0n) is 14.7. The lowest BCUT2D eigenvalue weighted by Crippen LogP contribution is -2.33. The number of thiophene rings is 1. The van der Waals surface area contributed by atoms with Crippen molar-refractivity contribution in [1.29, 1.82) is 0 Å². The molecule has 0 spiro atoms. The van der Waals surface area contributed by atoms with Crippen LogP contribution in [-0.2, 0) is 6.54 Å². The van der Waals surface area contributed by atoms with Crippen molar-refractivity contribution < 1.29 is 0 Å². The molecule has 0 unspecified atom stereocenters. The Bertz CT molecular complexity index is 951. The lowest BCUT2D eigenvalue weighted by atomic mass is 9.99. The second-order valence-corrected chi connectivity index (χ2v) is 8.03. The van der Waals surface area contributed by atoms with Crippen molar-refractivity contribution in [3.8, 4) is 11.1 Å². The van der Waals surface area contributed by atoms with E-state index in [1.807, 2.05) is 11.4 Å². The standard InChI is InChI=1S/C20H23N3OS/c1-13-6-8-23(9-7-13)11-17-21-19(24)18-16(12-25-20(18)22-17)15-5-3-4-14(2)10-15/h3-5,10,12-13H,6-9,11H2,1-2H3,(H,21,22,24). The molecule has 5 heteroatoms. The van der Waals surface area contributed by atoms with Gasteiger partial charge in [0, 0.05) is 10.9 Å². The van der Waals surface area contributed by atoms with Gasteiger partial charge in [-0.05, 0) is 44.3 Å². The lowest BCUT2D eigenvalue weighted by molar-refractivity contribution is 0.181. The van der Waals surface area contributed by atoms with E-state index >= 15 is 0 Å². The quantitative estimate of drug-likeness (QED) is 0.768. The number of H-pyrrole nitrogens is 1. The van der Waals surface area contributed by atoms with Crippen molar-refractivity contribution in [3.05, 3.63) is 51.4 Å². The smallest absolute Gasteiger partial charge is 0.260 e. The molecule has 1 aliphatic rings. The topological polar surface area (TPSA) is 49.0 Å². The first-order chi connectivity index (χ1) is 12.1. The number of nitrogens with zero attached hydrogens (tertiary/aromatic N) is 2. The zero-order valence-corrected chi connectivity index (χ0v) is 15.5. The van der Waals surface area contributed by atoms with Crippen LogP contribution in [0.3, 0.4) is 0 Å². The summed E-state index contributed by atoms with van der Waals surface area (Å²) in [6.07, 6.45) is 2.45. The van der Waals surface area contributed by atoms with Gasteiger partial charge in [0.05, 0.1) is 11.9 Å². The molecule has 4 nitrogen and oxygen atoms in total. The fraction of sp³-hybridized carbons (Fsp3) is 0.400. The third-order valence-corrected chi connectivity index (χ3v) is 5.94. The highest BCUT2D eigenvalue weighted by Crippen LogP contribution is 2.31. The first-order valence-electron chi connectivity index (χ1n) is 8.90. The van der Waals surface area contributed by atoms with Crippen LogP contribution in [0.25, 0.3) is 21.3 Å². The van der Waals surface area contributed by atoms with Crippen LogP contribution < -0.4 is 5.56 Å². The van der Waals surface area contributed by atoms with Crippen LogP contribution in [0.15, 0.2) is 34.4 Å². The minimum Gasteiger partial charge on any atom is -0.309 e. The third kappa shape index (κ3) is 3.39. The van der Waals surface area contributed by atoms with Gasteiger partial charge in [-0.15, -0.1) is 11.3 Å². The van der Waals surface area contributed by atoms with Crippen LogP contribution in [0.4, 0.5) is 0 Å². The molecule has 1 saturated heterocycles. The second kappa shape index (κ2) is 6.73. The molecule has 130 valence electrons. The summed E-state index contributed by atoms with van der Waals surface area (Å²) in [6.45, 7) is 7.28. The Labute approximate surface area is 151 Å². The minimum absolute atomic E-state index is 0.0249. The molecule has 4 rings (SSSR count). The number of benzene rings is 1. The molecule has 3 aromatic rings. The molecule has 1 aliphatic heterocycles. The summed E-state index contributed by atoms with van der Waals surface area (Å²) in [7, 11) is 0. The molecule has 25 heavy (non-hydrogen) atoms. The molecular weight excluding hydrogens is 330 g/mol. The summed E-state index contributed by atoms with van der Waals surface area (Å²) in [6, 6.07) is 8.26. The van der Waals surface area contributed by atoms with E-state index in [0.29, 0.717) is 5.39 Å². The number of hydrogen-bond acceptors (Lipinski definition) is 4. The molecule has 1 N–H and O–H groups in total. The largest absolute Gasteiger partial charge is 0.309 e. The number of likely N-dealkylation sites (tertiary alicyclic amines) is 1. The van der Waals surface area contributed by atoms with Gasteiger partial charge in [-0.2, -0.15) is 0 Å². The molecule has 0 radical (unpaired) electrons. The highest BCUT2D eigenvalue weighted by molar-refractivity contribution is 7.17. The highest BCUT2D eigenvalue weighted by Gasteiger charge is 2.18. The van der Waals surface area contributed by atoms with Crippen molar-refractivity contribution >= 4 is 21.6 Å². The van der Waals surface area contributed by atoms with Gasteiger partial charge in [0.15, 0.2) is 0 Å². The van der Waals surface area contributed by atoms with Crippen LogP contribution in [-0.4, -0.2) is 28.0 Å². The van der Waals surface area contributed by atoms with E-state index in [0.717, 1.165) is 47.3 Å². The van der Waals surface area contributed by atoms with E-state index in [4.69, 9.17) is 4.98 Å². The average molecular weight is 353 g/mol. The second-order valence-electron chi connectivity index (χ2n) is 7.17. The van der Waals surface area contributed by atoms with Crippen LogP contribution in [0.1, 0.15) is 31.2 Å². The predicted molar refractivity (Wildman–Crippen MR) is 104 cm³/mol. The van der Waals surface area contributed by atoms with Crippen molar-refractivity contribution in [3.63, 3.8) is 0 Å². The number of aromatic nitrogens is 2. The summed E-state index contributed by atoms with van der Waals surface area (Å²) < 4.78 is 0. The molecule has 0 aliphatic carbocycles. The molecule has 0 saturated carbocycles. The van der Waals surface area contributed by atoms with E-state index in [1.54, 1.807) is 11.3 Å². The number of hydrogen-bond donors (Lipinski definition) is 1. The van der Waals surface area contributed by atoms with Gasteiger partial charge < -0.3 is 4.98 Å². The maximum absolute atomic E-state index is 12.7. The van der Waals surface area contributed by atoms with E-state index in [-0.39, 0.29) is 5.56 Å². The molecule has 2 aromatic heterocycles. The van der Waals surface area contributed by atoms with Crippen molar-refractivity contribution in [2.45, 2.75) is 33.2 Å². The molecule has 3 heterocycles. The van der Waals surface area contributed by atoms with Gasteiger partial charge in [-0.25, -0.2) is 4.98 Å². The Kier molecular flexibility index (Phi) is 4.44. The van der Waals surface area contributed by atoms with Crippen LogP contribution in [0, 0.1) is 12.8 Å². The van der Waals surface area contributed by atoms with Crippen LogP contribution >= 0.6 is 11.3 Å². The van der Waals surface area contributed by atoms with E-state index in [2.05, 4.69) is 41.9 Å². The Morgan fingerprint density at radius 2 is 2.12 bits per heavy atom. The number of aromatic amines is 1. The van der Waals surface area contributed by atoms with Gasteiger partial charge in [0.2, 0.25) is 0 Å². The van der Waals surface area contributed by atoms with Gasteiger partial charge in [0.1, 0.15) is 10.7 Å². The van der Waals surface area contributed by atoms with Gasteiger partial charge in [0.25, 0.3) is 5.56 Å². The van der Waals surface area contributed by atoms with E-state index < -0.39 is 0 Å². The summed E-state index contributed by atoms with van der Waals surface area (Å²) in [5.74, 6) is 1.59. The minimum atomic E-state index is -0.0249. The molecule has 1 fully saturated rings. The predicted octanol–water partition coefficient (Wildman–Crippen LogP) is 4.19. The van der Waals surface area contributed by atoms with E-state index in [1.165, 1.54) is 18.4 Å². The fourth-order valence-electron chi connectivity index (χ4n) is 3.53. The Morgan fingerprint density at radius 3 is 2.88 bits per heavy atom. The Balaban J connectivity index is 1.66. The maximum atomic E-state index is 12.7. The zero-order chi connectivity index (χ0) is 17.4. The lowest BCUT2D eigenvalue weighted by Gasteiger charge is -2.29. The molecule has 0 amide bonds. The number of nitrogens with one attached hydrogen (secondary N) is 1. The van der Waals surface area contributed by atoms with Crippen molar-refractivity contribution in [2.24, 2.45) is 5.92 Å². The SMILES string of the molecule is Cc1cccc(-c2csc3nc(CN4CCC(C)CC4)[nH]c(=O)c23)c1. The van der Waals surface area contributed by atoms with E-state index in [9.17, 15) is 4.79 Å². The third-order valence-electron chi connectivity index (χ3n) is 5.07. The Morgan fingerprint density at radius 1 is 1.32 bits per heavy atom. The Hall–Kier alpha value is -1.98. The first kappa shape index (κ1) is 16.5. The van der Waals surface area contributed by atoms with Crippen molar-refractivity contribution in [2.75, 3.05) is 13.1 Å². The number of fused-ring (bicyclic) bond motifs is 1. The summed E-state index contributed by atoms with van der Waals surface area (Å²) in [4.78, 5) is 23.7. The summed E-state index contributed by atoms with van der Waals surface area (Å²) >= 11 is 1.56. The van der Waals surface area contributed by atoms with Crippen LogP contribution in [0.2, 0.25) is 0 Å². The van der Waals surface area contributed by atoms with Crippen molar-refractivity contribution in [1.82, 2.24) is 14.9 Å².